The Balaban J connectivity index is 1.66. The van der Waals surface area contributed by atoms with Crippen molar-refractivity contribution in [3.8, 4) is 5.75 Å². The van der Waals surface area contributed by atoms with Crippen molar-refractivity contribution in [2.45, 2.75) is 11.8 Å². The number of benzene rings is 2. The van der Waals surface area contributed by atoms with Crippen molar-refractivity contribution >= 4 is 43.0 Å². The molecule has 0 aliphatic carbocycles. The molecular weight excluding hydrogens is 436 g/mol. The Labute approximate surface area is 185 Å². The Morgan fingerprint density at radius 1 is 1.13 bits per heavy atom. The van der Waals surface area contributed by atoms with E-state index in [1.54, 1.807) is 29.2 Å². The Morgan fingerprint density at radius 3 is 2.58 bits per heavy atom. The number of hydrogen-bond acceptors (Lipinski definition) is 6. The summed E-state index contributed by atoms with van der Waals surface area (Å²) in [6.07, 6.45) is 0. The molecule has 1 aliphatic rings. The Morgan fingerprint density at radius 2 is 1.87 bits per heavy atom. The minimum atomic E-state index is -3.83. The van der Waals surface area contributed by atoms with Crippen LogP contribution in [0.5, 0.6) is 5.75 Å². The predicted molar refractivity (Wildman–Crippen MR) is 122 cm³/mol. The molecule has 4 rings (SSSR count). The van der Waals surface area contributed by atoms with Gasteiger partial charge in [0.1, 0.15) is 10.6 Å². The molecule has 0 bridgehead atoms. The van der Waals surface area contributed by atoms with Gasteiger partial charge in [0.2, 0.25) is 0 Å². The zero-order valence-corrected chi connectivity index (χ0v) is 19.3. The van der Waals surface area contributed by atoms with Crippen molar-refractivity contribution in [1.82, 2.24) is 4.90 Å². The van der Waals surface area contributed by atoms with Gasteiger partial charge >= 0.3 is 0 Å². The van der Waals surface area contributed by atoms with E-state index in [0.717, 1.165) is 15.6 Å². The largest absolute Gasteiger partial charge is 0.495 e. The van der Waals surface area contributed by atoms with Crippen molar-refractivity contribution in [2.24, 2.45) is 0 Å². The summed E-state index contributed by atoms with van der Waals surface area (Å²) in [4.78, 5) is 15.3. The third-order valence-electron chi connectivity index (χ3n) is 5.33. The van der Waals surface area contributed by atoms with Gasteiger partial charge in [-0.2, -0.15) is 0 Å². The number of thiophene rings is 1. The molecule has 3 aromatic rings. The van der Waals surface area contributed by atoms with Gasteiger partial charge in [0.25, 0.3) is 15.9 Å². The van der Waals surface area contributed by atoms with Crippen LogP contribution in [0, 0.1) is 6.92 Å². The summed E-state index contributed by atoms with van der Waals surface area (Å²) in [6.45, 7) is 4.09. The lowest BCUT2D eigenvalue weighted by atomic mass is 10.2. The predicted octanol–water partition coefficient (Wildman–Crippen LogP) is 3.52. The first-order chi connectivity index (χ1) is 14.8. The number of aryl methyl sites for hydroxylation is 1. The average Bonchev–Trinajstić information content (AvgIpc) is 3.22. The standard InChI is InChI=1S/C22H24N2O5S2/c1-15-4-6-18(28-3)21(12-15)31(26,27)23(2)17-5-7-19-16(13-17)14-20(30-19)22(25)24-8-10-29-11-9-24/h4-7,12-14H,8-11H2,1-3H3. The highest BCUT2D eigenvalue weighted by Crippen LogP contribution is 2.34. The first-order valence-corrected chi connectivity index (χ1v) is 12.1. The summed E-state index contributed by atoms with van der Waals surface area (Å²) in [7, 11) is -0.859. The van der Waals surface area contributed by atoms with Crippen molar-refractivity contribution in [2.75, 3.05) is 44.8 Å². The fourth-order valence-electron chi connectivity index (χ4n) is 3.53. The molecule has 0 atom stereocenters. The SMILES string of the molecule is COc1ccc(C)cc1S(=O)(=O)N(C)c1ccc2sc(C(=O)N3CCOCC3)cc2c1. The third-order valence-corrected chi connectivity index (χ3v) is 8.24. The number of ether oxygens (including phenoxy) is 2. The molecule has 9 heteroatoms. The maximum atomic E-state index is 13.3. The fourth-order valence-corrected chi connectivity index (χ4v) is 5.96. The zero-order valence-electron chi connectivity index (χ0n) is 17.6. The molecule has 1 fully saturated rings. The molecule has 1 saturated heterocycles. The monoisotopic (exact) mass is 460 g/mol. The Bertz CT molecular complexity index is 1230. The molecule has 2 heterocycles. The Kier molecular flexibility index (Phi) is 5.92. The van der Waals surface area contributed by atoms with Gasteiger partial charge in [-0.05, 0) is 54.3 Å². The van der Waals surface area contributed by atoms with Gasteiger partial charge < -0.3 is 14.4 Å². The van der Waals surface area contributed by atoms with Crippen LogP contribution in [0.25, 0.3) is 10.1 Å². The summed E-state index contributed by atoms with van der Waals surface area (Å²) in [6, 6.07) is 12.3. The Hall–Kier alpha value is -2.62. The van der Waals surface area contributed by atoms with Crippen LogP contribution in [-0.4, -0.2) is 59.7 Å². The van der Waals surface area contributed by atoms with Gasteiger partial charge in [0, 0.05) is 24.8 Å². The van der Waals surface area contributed by atoms with Gasteiger partial charge in [0.05, 0.1) is 30.9 Å². The number of morpholine rings is 1. The molecule has 0 radical (unpaired) electrons. The van der Waals surface area contributed by atoms with E-state index in [1.165, 1.54) is 29.8 Å². The second kappa shape index (κ2) is 8.49. The zero-order chi connectivity index (χ0) is 22.2. The molecule has 0 unspecified atom stereocenters. The highest BCUT2D eigenvalue weighted by Gasteiger charge is 2.26. The first-order valence-electron chi connectivity index (χ1n) is 9.85. The van der Waals surface area contributed by atoms with Gasteiger partial charge in [-0.15, -0.1) is 11.3 Å². The topological polar surface area (TPSA) is 76.2 Å². The minimum absolute atomic E-state index is 0.0171. The van der Waals surface area contributed by atoms with E-state index in [9.17, 15) is 13.2 Å². The number of carbonyl (C=O) groups excluding carboxylic acids is 1. The van der Waals surface area contributed by atoms with E-state index in [0.29, 0.717) is 42.6 Å². The summed E-state index contributed by atoms with van der Waals surface area (Å²) >= 11 is 1.41. The van der Waals surface area contributed by atoms with Crippen LogP contribution in [0.1, 0.15) is 15.2 Å². The number of rotatable bonds is 5. The van der Waals surface area contributed by atoms with E-state index in [2.05, 4.69) is 0 Å². The average molecular weight is 461 g/mol. The van der Waals surface area contributed by atoms with E-state index >= 15 is 0 Å². The lowest BCUT2D eigenvalue weighted by molar-refractivity contribution is 0.0306. The molecule has 1 amide bonds. The molecule has 1 aliphatic heterocycles. The molecule has 2 aromatic carbocycles. The lowest BCUT2D eigenvalue weighted by Crippen LogP contribution is -2.40. The van der Waals surface area contributed by atoms with Crippen molar-refractivity contribution < 1.29 is 22.7 Å². The number of nitrogens with zero attached hydrogens (tertiary/aromatic N) is 2. The molecule has 0 saturated carbocycles. The number of anilines is 1. The number of amides is 1. The smallest absolute Gasteiger partial charge is 0.267 e. The van der Waals surface area contributed by atoms with Gasteiger partial charge in [-0.25, -0.2) is 8.42 Å². The van der Waals surface area contributed by atoms with Crippen LogP contribution >= 0.6 is 11.3 Å². The molecule has 164 valence electrons. The molecule has 31 heavy (non-hydrogen) atoms. The molecule has 7 nitrogen and oxygen atoms in total. The number of methoxy groups -OCH3 is 1. The van der Waals surface area contributed by atoms with Crippen LogP contribution in [0.15, 0.2) is 47.4 Å². The van der Waals surface area contributed by atoms with E-state index in [4.69, 9.17) is 9.47 Å². The second-order valence-electron chi connectivity index (χ2n) is 7.36. The quantitative estimate of drug-likeness (QED) is 0.582. The number of carbonyl (C=O) groups is 1. The van der Waals surface area contributed by atoms with E-state index in [1.807, 2.05) is 25.1 Å². The van der Waals surface area contributed by atoms with Crippen LogP contribution in [0.2, 0.25) is 0 Å². The van der Waals surface area contributed by atoms with E-state index in [-0.39, 0.29) is 10.8 Å². The maximum Gasteiger partial charge on any atom is 0.267 e. The number of fused-ring (bicyclic) bond motifs is 1. The van der Waals surface area contributed by atoms with Crippen molar-refractivity contribution in [1.29, 1.82) is 0 Å². The highest BCUT2D eigenvalue weighted by atomic mass is 32.2. The lowest BCUT2D eigenvalue weighted by Gasteiger charge is -2.26. The summed E-state index contributed by atoms with van der Waals surface area (Å²) in [5.74, 6) is 0.281. The van der Waals surface area contributed by atoms with Gasteiger partial charge in [-0.3, -0.25) is 9.10 Å². The van der Waals surface area contributed by atoms with Gasteiger partial charge in [-0.1, -0.05) is 6.07 Å². The molecule has 1 aromatic heterocycles. The van der Waals surface area contributed by atoms with Crippen LogP contribution in [-0.2, 0) is 14.8 Å². The minimum Gasteiger partial charge on any atom is -0.495 e. The normalized spacial score (nSPS) is 14.6. The van der Waals surface area contributed by atoms with Crippen molar-refractivity contribution in [3.63, 3.8) is 0 Å². The molecular formula is C22H24N2O5S2. The molecule has 0 N–H and O–H groups in total. The summed E-state index contributed by atoms with van der Waals surface area (Å²) in [5.41, 5.74) is 1.34. The van der Waals surface area contributed by atoms with Crippen molar-refractivity contribution in [3.05, 3.63) is 52.9 Å². The second-order valence-corrected chi connectivity index (χ2v) is 10.4. The fraction of sp³-hybridized carbons (Fsp3) is 0.318. The number of sulfonamides is 1. The maximum absolute atomic E-state index is 13.3. The van der Waals surface area contributed by atoms with Crippen LogP contribution in [0.3, 0.4) is 0 Å². The summed E-state index contributed by atoms with van der Waals surface area (Å²) in [5, 5.41) is 0.831. The molecule has 0 spiro atoms. The number of hydrogen-bond donors (Lipinski definition) is 0. The van der Waals surface area contributed by atoms with Gasteiger partial charge in [0.15, 0.2) is 0 Å². The van der Waals surface area contributed by atoms with Crippen LogP contribution in [0.4, 0.5) is 5.69 Å². The summed E-state index contributed by atoms with van der Waals surface area (Å²) < 4.78 is 39.4. The highest BCUT2D eigenvalue weighted by molar-refractivity contribution is 7.93. The van der Waals surface area contributed by atoms with E-state index < -0.39 is 10.0 Å². The first kappa shape index (κ1) is 21.6. The van der Waals surface area contributed by atoms with Crippen LogP contribution < -0.4 is 9.04 Å². The third kappa shape index (κ3) is 4.13.